The highest BCUT2D eigenvalue weighted by molar-refractivity contribution is 8.02. The molecule has 3 amide bonds. The summed E-state index contributed by atoms with van der Waals surface area (Å²) in [5, 5.41) is 16.0. The van der Waals surface area contributed by atoms with E-state index in [-0.39, 0.29) is 47.5 Å². The molecule has 1 aromatic rings. The molecular weight excluding hydrogens is 502 g/mol. The molecule has 3 aliphatic heterocycles. The third-order valence-electron chi connectivity index (χ3n) is 8.00. The molecule has 38 heavy (non-hydrogen) atoms. The Bertz CT molecular complexity index is 1070. The number of aliphatic hydroxyl groups excluding tert-OH is 1. The lowest BCUT2D eigenvalue weighted by atomic mass is 9.65. The summed E-state index contributed by atoms with van der Waals surface area (Å²) in [7, 11) is 0. The van der Waals surface area contributed by atoms with Gasteiger partial charge in [-0.05, 0) is 69.2 Å². The number of carbonyl (C=O) groups is 3. The molecule has 1 aromatic carbocycles. The molecule has 1 spiro atoms. The van der Waals surface area contributed by atoms with E-state index < -0.39 is 28.2 Å². The molecule has 4 rings (SSSR count). The summed E-state index contributed by atoms with van der Waals surface area (Å²) >= 11 is 1.64. The molecule has 0 radical (unpaired) electrons. The van der Waals surface area contributed by atoms with E-state index in [4.69, 9.17) is 4.74 Å². The van der Waals surface area contributed by atoms with Crippen LogP contribution in [-0.4, -0.2) is 69.1 Å². The number of hydrogen-bond donors (Lipinski definition) is 3. The lowest BCUT2D eigenvalue weighted by Crippen LogP contribution is -2.60. The van der Waals surface area contributed by atoms with Crippen molar-refractivity contribution in [3.05, 3.63) is 24.3 Å². The molecule has 2 bridgehead atoms. The molecule has 3 aliphatic rings. The van der Waals surface area contributed by atoms with Crippen LogP contribution >= 0.6 is 11.8 Å². The standard InChI is InChI=1S/C29H43N3O5S/c1-8-37-19-11-9-18(10-12-19)30-24(34)21-20-15-17(2)29(38-20)22(21)26(36)32(13-14-33)23(29)25(35)31-28(6,7)16-27(3,4)5/h9-12,17,20-23,33H,8,13-16H2,1-7H3,(H,30,34)(H,31,35)/t17?,20-,21+,22-,23?,29?/m0/s1. The van der Waals surface area contributed by atoms with E-state index in [1.807, 2.05) is 32.9 Å². The smallest absolute Gasteiger partial charge is 0.244 e. The molecule has 3 fully saturated rings. The largest absolute Gasteiger partial charge is 0.494 e. The highest BCUT2D eigenvalue weighted by atomic mass is 32.2. The van der Waals surface area contributed by atoms with Crippen molar-refractivity contribution in [1.29, 1.82) is 0 Å². The molecule has 3 saturated heterocycles. The molecule has 3 heterocycles. The number of anilines is 1. The minimum atomic E-state index is -0.736. The molecule has 3 unspecified atom stereocenters. The maximum atomic E-state index is 14.0. The lowest BCUT2D eigenvalue weighted by molar-refractivity contribution is -0.139. The number of nitrogens with one attached hydrogen (secondary N) is 2. The number of likely N-dealkylation sites (tertiary alicyclic amines) is 1. The van der Waals surface area contributed by atoms with Gasteiger partial charge in [0.05, 0.1) is 29.8 Å². The van der Waals surface area contributed by atoms with Crippen LogP contribution in [0.25, 0.3) is 0 Å². The van der Waals surface area contributed by atoms with Gasteiger partial charge in [-0.15, -0.1) is 11.8 Å². The van der Waals surface area contributed by atoms with Gasteiger partial charge >= 0.3 is 0 Å². The Kier molecular flexibility index (Phi) is 7.85. The molecule has 9 heteroatoms. The number of ether oxygens (including phenoxy) is 1. The van der Waals surface area contributed by atoms with E-state index in [2.05, 4.69) is 38.3 Å². The van der Waals surface area contributed by atoms with Crippen LogP contribution in [0.2, 0.25) is 0 Å². The maximum absolute atomic E-state index is 14.0. The summed E-state index contributed by atoms with van der Waals surface area (Å²) in [4.78, 5) is 43.1. The van der Waals surface area contributed by atoms with Crippen LogP contribution in [0, 0.1) is 23.2 Å². The van der Waals surface area contributed by atoms with Gasteiger partial charge in [0.25, 0.3) is 0 Å². The topological polar surface area (TPSA) is 108 Å². The first-order valence-corrected chi connectivity index (χ1v) is 14.6. The fourth-order valence-corrected chi connectivity index (χ4v) is 9.69. The Morgan fingerprint density at radius 2 is 1.82 bits per heavy atom. The van der Waals surface area contributed by atoms with E-state index in [0.29, 0.717) is 12.3 Å². The molecule has 0 aliphatic carbocycles. The van der Waals surface area contributed by atoms with Crippen LogP contribution in [0.5, 0.6) is 5.75 Å². The summed E-state index contributed by atoms with van der Waals surface area (Å²) in [6.45, 7) is 14.8. The Morgan fingerprint density at radius 1 is 1.16 bits per heavy atom. The van der Waals surface area contributed by atoms with Crippen molar-refractivity contribution in [1.82, 2.24) is 10.2 Å². The summed E-state index contributed by atoms with van der Waals surface area (Å²) in [5.41, 5.74) is 0.169. The Morgan fingerprint density at radius 3 is 2.39 bits per heavy atom. The predicted octanol–water partition coefficient (Wildman–Crippen LogP) is 3.68. The van der Waals surface area contributed by atoms with Gasteiger partial charge in [-0.1, -0.05) is 27.7 Å². The lowest BCUT2D eigenvalue weighted by Gasteiger charge is -2.41. The quantitative estimate of drug-likeness (QED) is 0.437. The van der Waals surface area contributed by atoms with Crippen molar-refractivity contribution in [2.24, 2.45) is 23.2 Å². The zero-order chi connectivity index (χ0) is 28.0. The van der Waals surface area contributed by atoms with E-state index >= 15 is 0 Å². The monoisotopic (exact) mass is 545 g/mol. The fraction of sp³-hybridized carbons (Fsp3) is 0.690. The van der Waals surface area contributed by atoms with Gasteiger partial charge in [-0.3, -0.25) is 14.4 Å². The number of nitrogens with zero attached hydrogens (tertiary/aromatic N) is 1. The number of benzene rings is 1. The number of aliphatic hydroxyl groups is 1. The third-order valence-corrected chi connectivity index (χ3v) is 10.1. The summed E-state index contributed by atoms with van der Waals surface area (Å²) in [6, 6.07) is 6.47. The molecule has 8 nitrogen and oxygen atoms in total. The molecule has 3 N–H and O–H groups in total. The number of rotatable bonds is 9. The first-order chi connectivity index (χ1) is 17.7. The second-order valence-corrected chi connectivity index (χ2v) is 14.4. The second-order valence-electron chi connectivity index (χ2n) is 12.9. The number of carbonyl (C=O) groups excluding carboxylic acids is 3. The van der Waals surface area contributed by atoms with Crippen LogP contribution in [-0.2, 0) is 14.4 Å². The average Bonchev–Trinajstić information content (AvgIpc) is 3.37. The first-order valence-electron chi connectivity index (χ1n) is 13.7. The maximum Gasteiger partial charge on any atom is 0.244 e. The fourth-order valence-electron chi connectivity index (χ4n) is 7.27. The van der Waals surface area contributed by atoms with Gasteiger partial charge in [-0.2, -0.15) is 0 Å². The number of amides is 3. The number of β-amino-alcohol motifs (C(OH)–C–C–N with tert-alkyl or cyclic N) is 1. The van der Waals surface area contributed by atoms with Crippen LogP contribution in [0.4, 0.5) is 5.69 Å². The minimum Gasteiger partial charge on any atom is -0.494 e. The summed E-state index contributed by atoms with van der Waals surface area (Å²) < 4.78 is 4.78. The third kappa shape index (κ3) is 5.16. The summed E-state index contributed by atoms with van der Waals surface area (Å²) in [6.07, 6.45) is 1.53. The molecule has 6 atom stereocenters. The SMILES string of the molecule is CCOc1ccc(NC(=O)[C@@H]2[C@@H]3CC(C)C4(S3)C(C(=O)NC(C)(C)CC(C)(C)C)N(CCO)C(=O)[C@H]24)cc1. The normalized spacial score (nSPS) is 30.4. The van der Waals surface area contributed by atoms with E-state index in [9.17, 15) is 19.5 Å². The summed E-state index contributed by atoms with van der Waals surface area (Å²) in [5.74, 6) is -0.961. The zero-order valence-corrected chi connectivity index (χ0v) is 24.5. The minimum absolute atomic E-state index is 0.00574. The number of hydrogen-bond acceptors (Lipinski definition) is 6. The Labute approximate surface area is 230 Å². The van der Waals surface area contributed by atoms with Crippen molar-refractivity contribution >= 4 is 35.2 Å². The average molecular weight is 546 g/mol. The molecule has 0 saturated carbocycles. The molecule has 0 aromatic heterocycles. The first kappa shape index (κ1) is 28.7. The van der Waals surface area contributed by atoms with Crippen molar-refractivity contribution in [3.63, 3.8) is 0 Å². The van der Waals surface area contributed by atoms with Gasteiger partial charge in [0.2, 0.25) is 17.7 Å². The Hall–Kier alpha value is -2.26. The van der Waals surface area contributed by atoms with Gasteiger partial charge < -0.3 is 25.4 Å². The predicted molar refractivity (Wildman–Crippen MR) is 150 cm³/mol. The zero-order valence-electron chi connectivity index (χ0n) is 23.7. The Balaban J connectivity index is 1.62. The van der Waals surface area contributed by atoms with Gasteiger partial charge in [0.1, 0.15) is 11.8 Å². The van der Waals surface area contributed by atoms with E-state index in [1.54, 1.807) is 23.9 Å². The van der Waals surface area contributed by atoms with Crippen LogP contribution < -0.4 is 15.4 Å². The van der Waals surface area contributed by atoms with Crippen LogP contribution in [0.1, 0.15) is 61.3 Å². The highest BCUT2D eigenvalue weighted by Gasteiger charge is 2.76. The van der Waals surface area contributed by atoms with Crippen molar-refractivity contribution in [2.45, 2.75) is 82.9 Å². The van der Waals surface area contributed by atoms with Crippen molar-refractivity contribution < 1.29 is 24.2 Å². The number of thioether (sulfide) groups is 1. The van der Waals surface area contributed by atoms with Crippen LogP contribution in [0.3, 0.4) is 0 Å². The van der Waals surface area contributed by atoms with E-state index in [0.717, 1.165) is 18.6 Å². The van der Waals surface area contributed by atoms with Gasteiger partial charge in [0, 0.05) is 23.0 Å². The highest BCUT2D eigenvalue weighted by Crippen LogP contribution is 2.68. The molecular formula is C29H43N3O5S. The van der Waals surface area contributed by atoms with Crippen LogP contribution in [0.15, 0.2) is 24.3 Å². The molecule has 210 valence electrons. The van der Waals surface area contributed by atoms with Gasteiger partial charge in [-0.25, -0.2) is 0 Å². The number of fused-ring (bicyclic) bond motifs is 1. The van der Waals surface area contributed by atoms with Gasteiger partial charge in [0.15, 0.2) is 0 Å². The van der Waals surface area contributed by atoms with E-state index in [1.165, 1.54) is 4.90 Å². The second kappa shape index (κ2) is 10.4. The van der Waals surface area contributed by atoms with Crippen molar-refractivity contribution in [3.8, 4) is 5.75 Å². The van der Waals surface area contributed by atoms with Crippen molar-refractivity contribution in [2.75, 3.05) is 25.1 Å².